The molecule has 0 aliphatic rings. The molecular formula is C6H14O12P2. The van der Waals surface area contributed by atoms with Crippen molar-refractivity contribution in [2.45, 2.75) is 24.4 Å². The van der Waals surface area contributed by atoms with E-state index in [9.17, 15) is 24.1 Å². The number of hydrogen-bond donors (Lipinski definition) is 7. The lowest BCUT2D eigenvalue weighted by molar-refractivity contribution is -0.135. The maximum Gasteiger partial charge on any atom is 0.470 e. The molecule has 0 fully saturated rings. The van der Waals surface area contributed by atoms with Gasteiger partial charge in [-0.3, -0.25) is 9.05 Å². The normalized spacial score (nSPS) is 19.1. The first-order valence-electron chi connectivity index (χ1n) is 4.81. The second kappa shape index (κ2) is 7.69. The molecule has 0 rings (SSSR count). The summed E-state index contributed by atoms with van der Waals surface area (Å²) in [7, 11) is -10.3. The third-order valence-corrected chi connectivity index (χ3v) is 2.93. The fourth-order valence-electron chi connectivity index (χ4n) is 1.04. The third kappa shape index (κ3) is 8.15. The molecular weight excluding hydrogens is 326 g/mol. The first-order chi connectivity index (χ1) is 8.87. The smallest absolute Gasteiger partial charge is 0.387 e. The average molecular weight is 340 g/mol. The monoisotopic (exact) mass is 340 g/mol. The summed E-state index contributed by atoms with van der Waals surface area (Å²) in [6.07, 6.45) is -8.89. The number of carbonyl (C=O) groups excluding carboxylic acids is 1. The minimum atomic E-state index is -5.21. The van der Waals surface area contributed by atoms with Gasteiger partial charge in [0.2, 0.25) is 0 Å². The first kappa shape index (κ1) is 19.8. The Kier molecular flexibility index (Phi) is 7.60. The maximum absolute atomic E-state index is 10.6. The topological polar surface area (TPSA) is 211 Å². The van der Waals surface area contributed by atoms with Gasteiger partial charge in [-0.2, -0.15) is 0 Å². The lowest BCUT2D eigenvalue weighted by Crippen LogP contribution is -2.47. The molecule has 0 saturated carbocycles. The Labute approximate surface area is 112 Å². The highest BCUT2D eigenvalue weighted by atomic mass is 31.2. The second-order valence-electron chi connectivity index (χ2n) is 3.53. The number of aldehydes is 1. The molecule has 0 heterocycles. The highest BCUT2D eigenvalue weighted by Crippen LogP contribution is 2.41. The van der Waals surface area contributed by atoms with Gasteiger partial charge in [-0.15, -0.1) is 0 Å². The number of hydrogen-bond acceptors (Lipinski definition) is 8. The van der Waals surface area contributed by atoms with Crippen molar-refractivity contribution in [2.75, 3.05) is 6.61 Å². The molecule has 0 bridgehead atoms. The molecule has 0 aromatic carbocycles. The summed E-state index contributed by atoms with van der Waals surface area (Å²) in [6.45, 7) is -1.22. The summed E-state index contributed by atoms with van der Waals surface area (Å²) >= 11 is 0. The summed E-state index contributed by atoms with van der Waals surface area (Å²) in [5.41, 5.74) is 0. The molecule has 120 valence electrons. The second-order valence-corrected chi connectivity index (χ2v) is 5.96. The fraction of sp³-hybridized carbons (Fsp3) is 0.833. The highest BCUT2D eigenvalue weighted by molar-refractivity contribution is 7.46. The van der Waals surface area contributed by atoms with E-state index < -0.39 is 46.7 Å². The van der Waals surface area contributed by atoms with Crippen LogP contribution in [-0.4, -0.2) is 72.2 Å². The number of aliphatic hydroxyl groups is 3. The van der Waals surface area contributed by atoms with E-state index in [0.29, 0.717) is 0 Å². The molecule has 0 radical (unpaired) electrons. The van der Waals surface area contributed by atoms with E-state index in [1.165, 1.54) is 0 Å². The minimum absolute atomic E-state index is 0.174. The molecule has 12 nitrogen and oxygen atoms in total. The van der Waals surface area contributed by atoms with Crippen molar-refractivity contribution >= 4 is 21.9 Å². The Bertz CT molecular complexity index is 399. The van der Waals surface area contributed by atoms with E-state index in [2.05, 4.69) is 9.05 Å². The van der Waals surface area contributed by atoms with Gasteiger partial charge in [-0.1, -0.05) is 0 Å². The molecule has 4 atom stereocenters. The predicted octanol–water partition coefficient (Wildman–Crippen LogP) is -3.14. The van der Waals surface area contributed by atoms with Gasteiger partial charge < -0.3 is 39.7 Å². The number of carbonyl (C=O) groups is 1. The lowest BCUT2D eigenvalue weighted by atomic mass is 10.0. The van der Waals surface area contributed by atoms with Crippen LogP contribution in [0.25, 0.3) is 0 Å². The van der Waals surface area contributed by atoms with Gasteiger partial charge in [-0.05, 0) is 0 Å². The van der Waals surface area contributed by atoms with Crippen LogP contribution in [0.1, 0.15) is 0 Å². The SMILES string of the molecule is O=C[C@@H](O)[C@H](O)[C@H](O)[C@H](COP(=O)(O)O)OP(=O)(O)O. The van der Waals surface area contributed by atoms with E-state index in [4.69, 9.17) is 24.7 Å². The molecule has 20 heavy (non-hydrogen) atoms. The molecule has 0 spiro atoms. The van der Waals surface area contributed by atoms with E-state index in [1.54, 1.807) is 0 Å². The summed E-state index contributed by atoms with van der Waals surface area (Å²) in [5.74, 6) is 0. The van der Waals surface area contributed by atoms with Gasteiger partial charge in [0.1, 0.15) is 24.4 Å². The van der Waals surface area contributed by atoms with Gasteiger partial charge in [0, 0.05) is 0 Å². The van der Waals surface area contributed by atoms with Crippen LogP contribution >= 0.6 is 15.6 Å². The molecule has 0 aromatic heterocycles. The van der Waals surface area contributed by atoms with E-state index in [0.717, 1.165) is 0 Å². The summed E-state index contributed by atoms with van der Waals surface area (Å²) in [6, 6.07) is 0. The summed E-state index contributed by atoms with van der Waals surface area (Å²) in [4.78, 5) is 44.2. The van der Waals surface area contributed by atoms with Crippen LogP contribution in [0.3, 0.4) is 0 Å². The number of aliphatic hydroxyl groups excluding tert-OH is 3. The zero-order valence-electron chi connectivity index (χ0n) is 9.66. The molecule has 0 saturated heterocycles. The molecule has 0 aliphatic carbocycles. The summed E-state index contributed by atoms with van der Waals surface area (Å²) < 4.78 is 28.9. The van der Waals surface area contributed by atoms with Crippen molar-refractivity contribution in [1.29, 1.82) is 0 Å². The Morgan fingerprint density at radius 2 is 1.45 bits per heavy atom. The molecule has 0 aromatic rings. The lowest BCUT2D eigenvalue weighted by Gasteiger charge is -2.27. The third-order valence-electron chi connectivity index (χ3n) is 1.90. The van der Waals surface area contributed by atoms with Gasteiger partial charge in [0.05, 0.1) is 6.61 Å². The number of rotatable bonds is 9. The van der Waals surface area contributed by atoms with Crippen LogP contribution in [0.4, 0.5) is 0 Å². The quantitative estimate of drug-likeness (QED) is 0.164. The van der Waals surface area contributed by atoms with Crippen LogP contribution in [0, 0.1) is 0 Å². The summed E-state index contributed by atoms with van der Waals surface area (Å²) in [5, 5.41) is 27.7. The molecule has 0 aliphatic heterocycles. The van der Waals surface area contributed by atoms with Crippen LogP contribution in [-0.2, 0) is 23.0 Å². The number of phosphoric acid groups is 2. The van der Waals surface area contributed by atoms with Gasteiger partial charge in [-0.25, -0.2) is 9.13 Å². The molecule has 14 heteroatoms. The highest BCUT2D eigenvalue weighted by Gasteiger charge is 2.37. The molecule has 0 amide bonds. The van der Waals surface area contributed by atoms with Crippen LogP contribution in [0.15, 0.2) is 0 Å². The zero-order valence-corrected chi connectivity index (χ0v) is 11.4. The number of phosphoric ester groups is 2. The van der Waals surface area contributed by atoms with Crippen molar-refractivity contribution < 1.29 is 57.9 Å². The van der Waals surface area contributed by atoms with Crippen molar-refractivity contribution in [3.8, 4) is 0 Å². The Hall–Kier alpha value is -0.230. The fourth-order valence-corrected chi connectivity index (χ4v) is 1.92. The Morgan fingerprint density at radius 3 is 1.80 bits per heavy atom. The van der Waals surface area contributed by atoms with Crippen molar-refractivity contribution in [3.05, 3.63) is 0 Å². The van der Waals surface area contributed by atoms with Gasteiger partial charge in [0.15, 0.2) is 6.29 Å². The zero-order chi connectivity index (χ0) is 16.1. The van der Waals surface area contributed by atoms with Gasteiger partial charge in [0.25, 0.3) is 0 Å². The minimum Gasteiger partial charge on any atom is -0.387 e. The Morgan fingerprint density at radius 1 is 0.950 bits per heavy atom. The van der Waals surface area contributed by atoms with Crippen molar-refractivity contribution in [3.63, 3.8) is 0 Å². The molecule has 7 N–H and O–H groups in total. The van der Waals surface area contributed by atoms with Gasteiger partial charge >= 0.3 is 15.6 Å². The van der Waals surface area contributed by atoms with Crippen LogP contribution in [0.5, 0.6) is 0 Å². The van der Waals surface area contributed by atoms with Crippen molar-refractivity contribution in [1.82, 2.24) is 0 Å². The average Bonchev–Trinajstić information content (AvgIpc) is 2.29. The van der Waals surface area contributed by atoms with E-state index >= 15 is 0 Å². The standard InChI is InChI=1S/C6H14O12P2/c7-1-3(8)5(9)6(10)4(18-20(14,15)16)2-17-19(11,12)13/h1,3-6,8-10H,2H2,(H2,11,12,13)(H2,14,15,16)/t3-,4+,5+,6-/m1/s1. The van der Waals surface area contributed by atoms with E-state index in [1.807, 2.05) is 0 Å². The maximum atomic E-state index is 10.6. The van der Waals surface area contributed by atoms with Crippen molar-refractivity contribution in [2.24, 2.45) is 0 Å². The largest absolute Gasteiger partial charge is 0.470 e. The van der Waals surface area contributed by atoms with E-state index in [-0.39, 0.29) is 6.29 Å². The predicted molar refractivity (Wildman–Crippen MR) is 59.0 cm³/mol. The van der Waals surface area contributed by atoms with Crippen LogP contribution < -0.4 is 0 Å². The molecule has 0 unspecified atom stereocenters. The van der Waals surface area contributed by atoms with Crippen LogP contribution in [0.2, 0.25) is 0 Å². The Balaban J connectivity index is 4.95. The first-order valence-corrected chi connectivity index (χ1v) is 7.87.